The Morgan fingerprint density at radius 1 is 1.41 bits per heavy atom. The summed E-state index contributed by atoms with van der Waals surface area (Å²) in [5.41, 5.74) is -0.716. The van der Waals surface area contributed by atoms with Crippen LogP contribution in [0.25, 0.3) is 0 Å². The summed E-state index contributed by atoms with van der Waals surface area (Å²) in [5.74, 6) is -1.54. The molecule has 1 rings (SSSR count). The van der Waals surface area contributed by atoms with Gasteiger partial charge in [-0.25, -0.2) is 14.6 Å². The van der Waals surface area contributed by atoms with Crippen LogP contribution in [0.5, 0.6) is 0 Å². The monoisotopic (exact) mass is 376 g/mol. The zero-order valence-corrected chi connectivity index (χ0v) is 14.4. The number of hydrogen-bond acceptors (Lipinski definition) is 5. The van der Waals surface area contributed by atoms with E-state index in [-0.39, 0.29) is 16.8 Å². The Hall–Kier alpha value is -1.70. The molecular weight excluding hydrogens is 359 g/mol. The first kappa shape index (κ1) is 18.3. The molecule has 1 amide bonds. The average molecular weight is 377 g/mol. The second-order valence-electron chi connectivity index (χ2n) is 5.34. The lowest BCUT2D eigenvalue weighted by atomic mass is 10.2. The van der Waals surface area contributed by atoms with Gasteiger partial charge < -0.3 is 14.8 Å². The highest BCUT2D eigenvalue weighted by Gasteiger charge is 2.28. The Morgan fingerprint density at radius 2 is 2.05 bits per heavy atom. The van der Waals surface area contributed by atoms with Crippen LogP contribution in [0.2, 0.25) is 0 Å². The largest absolute Gasteiger partial charge is 0.464 e. The molecule has 0 aliphatic rings. The van der Waals surface area contributed by atoms with Crippen molar-refractivity contribution >= 4 is 28.0 Å². The van der Waals surface area contributed by atoms with E-state index in [4.69, 9.17) is 9.47 Å². The second-order valence-corrected chi connectivity index (χ2v) is 6.19. The van der Waals surface area contributed by atoms with Gasteiger partial charge in [0, 0.05) is 0 Å². The highest BCUT2D eigenvalue weighted by molar-refractivity contribution is 9.10. The van der Waals surface area contributed by atoms with Crippen molar-refractivity contribution in [1.29, 1.82) is 0 Å². The van der Waals surface area contributed by atoms with Crippen LogP contribution < -0.4 is 5.32 Å². The van der Waals surface area contributed by atoms with Gasteiger partial charge in [0.15, 0.2) is 6.04 Å². The van der Waals surface area contributed by atoms with Crippen LogP contribution in [0, 0.1) is 5.95 Å². The normalized spacial score (nSPS) is 12.5. The van der Waals surface area contributed by atoms with Crippen LogP contribution in [0.15, 0.2) is 16.6 Å². The lowest BCUT2D eigenvalue weighted by Gasteiger charge is -2.22. The molecule has 0 aromatic carbocycles. The van der Waals surface area contributed by atoms with Gasteiger partial charge >= 0.3 is 12.1 Å². The van der Waals surface area contributed by atoms with Gasteiger partial charge in [-0.15, -0.1) is 0 Å². The maximum atomic E-state index is 13.5. The Kier molecular flexibility index (Phi) is 6.28. The van der Waals surface area contributed by atoms with E-state index in [1.54, 1.807) is 27.7 Å². The summed E-state index contributed by atoms with van der Waals surface area (Å²) in [5, 5.41) is 2.34. The van der Waals surface area contributed by atoms with E-state index in [0.717, 1.165) is 0 Å². The molecule has 1 aromatic rings. The number of pyridine rings is 1. The molecule has 8 heteroatoms. The first-order valence-electron chi connectivity index (χ1n) is 6.62. The molecule has 1 atom stereocenters. The van der Waals surface area contributed by atoms with E-state index in [9.17, 15) is 14.0 Å². The van der Waals surface area contributed by atoms with Crippen molar-refractivity contribution in [3.63, 3.8) is 0 Å². The van der Waals surface area contributed by atoms with E-state index >= 15 is 0 Å². The fraction of sp³-hybridized carbons (Fsp3) is 0.500. The minimum atomic E-state index is -1.25. The van der Waals surface area contributed by atoms with Crippen LogP contribution in [-0.4, -0.2) is 29.3 Å². The van der Waals surface area contributed by atoms with Crippen molar-refractivity contribution in [3.05, 3.63) is 28.2 Å². The van der Waals surface area contributed by atoms with Gasteiger partial charge in [-0.3, -0.25) is 0 Å². The molecule has 0 saturated heterocycles. The number of carbonyl (C=O) groups excluding carboxylic acids is 2. The smallest absolute Gasteiger partial charge is 0.408 e. The zero-order chi connectivity index (χ0) is 16.9. The quantitative estimate of drug-likeness (QED) is 0.645. The summed E-state index contributed by atoms with van der Waals surface area (Å²) in [6.07, 6.45) is -0.823. The first-order valence-corrected chi connectivity index (χ1v) is 7.41. The molecule has 1 N–H and O–H groups in total. The standard InChI is InChI=1S/C14H18BrFN2O4/c1-5-21-12(19)10(18-13(20)22-14(2,3)4)9-7-6-8(15)11(16)17-9/h6-7,10H,5H2,1-4H3,(H,18,20). The van der Waals surface area contributed by atoms with Gasteiger partial charge in [0.05, 0.1) is 16.8 Å². The number of esters is 1. The Labute approximate surface area is 136 Å². The molecule has 0 saturated carbocycles. The molecule has 22 heavy (non-hydrogen) atoms. The number of halogens is 2. The van der Waals surface area contributed by atoms with Crippen LogP contribution in [0.4, 0.5) is 9.18 Å². The maximum absolute atomic E-state index is 13.5. The van der Waals surface area contributed by atoms with Gasteiger partial charge in [0.25, 0.3) is 0 Å². The summed E-state index contributed by atoms with van der Waals surface area (Å²) in [6, 6.07) is 1.55. The van der Waals surface area contributed by atoms with Gasteiger partial charge in [0.2, 0.25) is 5.95 Å². The van der Waals surface area contributed by atoms with E-state index in [1.807, 2.05) is 0 Å². The third kappa shape index (κ3) is 5.59. The predicted molar refractivity (Wildman–Crippen MR) is 80.6 cm³/mol. The van der Waals surface area contributed by atoms with Gasteiger partial charge in [-0.1, -0.05) is 0 Å². The summed E-state index contributed by atoms with van der Waals surface area (Å²) in [6.45, 7) is 6.79. The number of alkyl carbamates (subject to hydrolysis) is 1. The number of aromatic nitrogens is 1. The van der Waals surface area contributed by atoms with Gasteiger partial charge in [-0.05, 0) is 55.8 Å². The molecule has 0 fully saturated rings. The number of hydrogen-bond donors (Lipinski definition) is 1. The Morgan fingerprint density at radius 3 is 2.55 bits per heavy atom. The molecule has 6 nitrogen and oxygen atoms in total. The van der Waals surface area contributed by atoms with Gasteiger partial charge in [0.1, 0.15) is 5.60 Å². The van der Waals surface area contributed by atoms with E-state index < -0.39 is 29.7 Å². The molecule has 1 aromatic heterocycles. The number of nitrogens with one attached hydrogen (secondary N) is 1. The predicted octanol–water partition coefficient (Wildman–Crippen LogP) is 3.11. The van der Waals surface area contributed by atoms with Crippen LogP contribution in [-0.2, 0) is 14.3 Å². The van der Waals surface area contributed by atoms with E-state index in [1.165, 1.54) is 12.1 Å². The lowest BCUT2D eigenvalue weighted by Crippen LogP contribution is -2.39. The topological polar surface area (TPSA) is 77.5 Å². The maximum Gasteiger partial charge on any atom is 0.408 e. The molecule has 122 valence electrons. The third-order valence-corrected chi connectivity index (χ3v) is 2.90. The van der Waals surface area contributed by atoms with Gasteiger partial charge in [-0.2, -0.15) is 4.39 Å². The first-order chi connectivity index (χ1) is 10.1. The SMILES string of the molecule is CCOC(=O)C(NC(=O)OC(C)(C)C)c1ccc(Br)c(F)n1. The van der Waals surface area contributed by atoms with Crippen LogP contribution in [0.1, 0.15) is 39.4 Å². The summed E-state index contributed by atoms with van der Waals surface area (Å²) < 4.78 is 23.7. The fourth-order valence-electron chi connectivity index (χ4n) is 1.50. The van der Waals surface area contributed by atoms with Crippen molar-refractivity contribution in [2.75, 3.05) is 6.61 Å². The number of carbonyl (C=O) groups is 2. The highest BCUT2D eigenvalue weighted by atomic mass is 79.9. The molecule has 0 radical (unpaired) electrons. The summed E-state index contributed by atoms with van der Waals surface area (Å²) >= 11 is 2.97. The number of rotatable bonds is 4. The molecule has 0 aliphatic heterocycles. The number of ether oxygens (including phenoxy) is 2. The Bertz CT molecular complexity index is 560. The molecule has 1 heterocycles. The van der Waals surface area contributed by atoms with Crippen molar-refractivity contribution in [2.24, 2.45) is 0 Å². The van der Waals surface area contributed by atoms with Crippen molar-refractivity contribution in [1.82, 2.24) is 10.3 Å². The minimum Gasteiger partial charge on any atom is -0.464 e. The number of amides is 1. The van der Waals surface area contributed by atoms with Crippen LogP contribution in [0.3, 0.4) is 0 Å². The van der Waals surface area contributed by atoms with E-state index in [2.05, 4.69) is 26.2 Å². The Balaban J connectivity index is 3.00. The number of nitrogens with zero attached hydrogens (tertiary/aromatic N) is 1. The van der Waals surface area contributed by atoms with E-state index in [0.29, 0.717) is 0 Å². The fourth-order valence-corrected chi connectivity index (χ4v) is 1.72. The molecule has 0 bridgehead atoms. The average Bonchev–Trinajstić information content (AvgIpc) is 2.37. The second kappa shape index (κ2) is 7.53. The minimum absolute atomic E-state index is 0.0185. The van der Waals surface area contributed by atoms with Crippen molar-refractivity contribution in [3.8, 4) is 0 Å². The highest BCUT2D eigenvalue weighted by Crippen LogP contribution is 2.19. The lowest BCUT2D eigenvalue weighted by molar-refractivity contribution is -0.146. The molecule has 1 unspecified atom stereocenters. The molecular formula is C14H18BrFN2O4. The van der Waals surface area contributed by atoms with Crippen molar-refractivity contribution < 1.29 is 23.5 Å². The third-order valence-electron chi connectivity index (χ3n) is 2.30. The zero-order valence-electron chi connectivity index (χ0n) is 12.8. The molecule has 0 spiro atoms. The molecule has 0 aliphatic carbocycles. The van der Waals surface area contributed by atoms with Crippen molar-refractivity contribution in [2.45, 2.75) is 39.3 Å². The summed E-state index contributed by atoms with van der Waals surface area (Å²) in [7, 11) is 0. The summed E-state index contributed by atoms with van der Waals surface area (Å²) in [4.78, 5) is 27.4. The van der Waals surface area contributed by atoms with Crippen LogP contribution >= 0.6 is 15.9 Å².